The molecule has 190 valence electrons. The predicted octanol–water partition coefficient (Wildman–Crippen LogP) is 4.43. The predicted molar refractivity (Wildman–Crippen MR) is 133 cm³/mol. The van der Waals surface area contributed by atoms with Gasteiger partial charge in [-0.15, -0.1) is 5.10 Å². The number of carbonyl (C=O) groups is 1. The van der Waals surface area contributed by atoms with Gasteiger partial charge >= 0.3 is 0 Å². The lowest BCUT2D eigenvalue weighted by Crippen LogP contribution is -2.12. The fourth-order valence-electron chi connectivity index (χ4n) is 3.89. The van der Waals surface area contributed by atoms with Crippen LogP contribution in [0.2, 0.25) is 0 Å². The molecule has 0 aliphatic heterocycles. The van der Waals surface area contributed by atoms with Gasteiger partial charge in [-0.25, -0.2) is 16.8 Å². The lowest BCUT2D eigenvalue weighted by Gasteiger charge is -2.10. The van der Waals surface area contributed by atoms with Crippen molar-refractivity contribution in [3.05, 3.63) is 71.8 Å². The topological polar surface area (TPSA) is 92.4 Å². The van der Waals surface area contributed by atoms with E-state index < -0.39 is 15.8 Å². The van der Waals surface area contributed by atoms with Gasteiger partial charge in [0.25, 0.3) is 10.0 Å². The fraction of sp³-hybridized carbons (Fsp3) is 0.308. The van der Waals surface area contributed by atoms with E-state index in [0.717, 1.165) is 9.54 Å². The Balaban J connectivity index is 1.65. The zero-order valence-electron chi connectivity index (χ0n) is 20.4. The summed E-state index contributed by atoms with van der Waals surface area (Å²) < 4.78 is 55.7. The van der Waals surface area contributed by atoms with Gasteiger partial charge < -0.3 is 14.3 Å². The van der Waals surface area contributed by atoms with Crippen molar-refractivity contribution in [2.75, 3.05) is 13.2 Å². The maximum atomic E-state index is 15.0. The molecule has 0 bridgehead atoms. The number of benzene rings is 2. The number of nitrogens with zero attached hydrogens (tertiary/aromatic N) is 3. The minimum Gasteiger partial charge on any atom is -0.487 e. The second-order valence-electron chi connectivity index (χ2n) is 8.65. The van der Waals surface area contributed by atoms with Crippen molar-refractivity contribution in [3.63, 3.8) is 0 Å². The first-order chi connectivity index (χ1) is 17.1. The highest BCUT2D eigenvalue weighted by molar-refractivity contribution is 7.90. The van der Waals surface area contributed by atoms with Crippen LogP contribution in [0.3, 0.4) is 0 Å². The maximum absolute atomic E-state index is 15.0. The molecule has 0 spiro atoms. The Morgan fingerprint density at radius 3 is 2.47 bits per heavy atom. The summed E-state index contributed by atoms with van der Waals surface area (Å²) in [5, 5.41) is 4.65. The highest BCUT2D eigenvalue weighted by Crippen LogP contribution is 2.32. The summed E-state index contributed by atoms with van der Waals surface area (Å²) in [7, 11) is -2.20. The zero-order chi connectivity index (χ0) is 25.9. The number of aromatic nitrogens is 3. The second kappa shape index (κ2) is 10.5. The number of aryl methyl sites for hydroxylation is 3. The van der Waals surface area contributed by atoms with Gasteiger partial charge in [0.1, 0.15) is 19.0 Å². The molecule has 0 atom stereocenters. The first kappa shape index (κ1) is 25.4. The zero-order valence-corrected chi connectivity index (χ0v) is 21.2. The van der Waals surface area contributed by atoms with E-state index in [9.17, 15) is 13.2 Å². The molecule has 0 saturated carbocycles. The van der Waals surface area contributed by atoms with Crippen LogP contribution < -0.4 is 9.47 Å². The highest BCUT2D eigenvalue weighted by Gasteiger charge is 2.23. The van der Waals surface area contributed by atoms with Gasteiger partial charge in [-0.2, -0.15) is 0 Å². The standard InChI is InChI=1S/C26H28FN3O5S/c1-18-7-9-21(10-8-18)36(32,33)30-17-20(6-4-5-19(2)31)22-15-25(23(27)16-24(22)30)34-13-14-35-26-11-12-29(3)28-26/h7-12,15-17H,4-6,13-14H2,1-3H3. The van der Waals surface area contributed by atoms with Crippen molar-refractivity contribution < 1.29 is 27.1 Å². The molecule has 0 unspecified atom stereocenters. The average molecular weight is 514 g/mol. The molecule has 10 heteroatoms. The highest BCUT2D eigenvalue weighted by atomic mass is 32.2. The van der Waals surface area contributed by atoms with Gasteiger partial charge in [-0.3, -0.25) is 4.68 Å². The molecule has 2 heterocycles. The Labute approximate surface area is 209 Å². The van der Waals surface area contributed by atoms with Crippen LogP contribution in [-0.4, -0.2) is 41.2 Å². The van der Waals surface area contributed by atoms with E-state index >= 15 is 4.39 Å². The normalized spacial score (nSPS) is 11.7. The van der Waals surface area contributed by atoms with Crippen LogP contribution in [0.15, 0.2) is 59.8 Å². The number of ether oxygens (including phenoxy) is 2. The Hall–Kier alpha value is -3.66. The SMILES string of the molecule is CC(=O)CCCc1cn(S(=O)(=O)c2ccc(C)cc2)c2cc(F)c(OCCOc3ccn(C)n3)cc12. The van der Waals surface area contributed by atoms with Crippen LogP contribution in [0.1, 0.15) is 30.9 Å². The van der Waals surface area contributed by atoms with E-state index in [2.05, 4.69) is 5.10 Å². The maximum Gasteiger partial charge on any atom is 0.268 e. The number of hydrogen-bond donors (Lipinski definition) is 0. The molecule has 8 nitrogen and oxygen atoms in total. The molecular formula is C26H28FN3O5S. The third-order valence-corrected chi connectivity index (χ3v) is 7.43. The number of rotatable bonds is 11. The minimum atomic E-state index is -3.97. The summed E-state index contributed by atoms with van der Waals surface area (Å²) >= 11 is 0. The molecule has 0 aliphatic rings. The van der Waals surface area contributed by atoms with Crippen LogP contribution in [0.25, 0.3) is 10.9 Å². The van der Waals surface area contributed by atoms with Crippen LogP contribution in [0.4, 0.5) is 4.39 Å². The molecule has 2 aromatic carbocycles. The van der Waals surface area contributed by atoms with Gasteiger partial charge in [0.05, 0.1) is 10.4 Å². The number of carbonyl (C=O) groups excluding carboxylic acids is 1. The van der Waals surface area contributed by atoms with Crippen LogP contribution in [-0.2, 0) is 28.3 Å². The van der Waals surface area contributed by atoms with Gasteiger partial charge in [0.2, 0.25) is 5.88 Å². The molecule has 0 radical (unpaired) electrons. The Morgan fingerprint density at radius 1 is 1.08 bits per heavy atom. The molecule has 0 saturated heterocycles. The van der Waals surface area contributed by atoms with Gasteiger partial charge in [-0.05, 0) is 50.5 Å². The van der Waals surface area contributed by atoms with Crippen molar-refractivity contribution in [2.24, 2.45) is 7.05 Å². The van der Waals surface area contributed by atoms with Gasteiger partial charge in [0.15, 0.2) is 11.6 Å². The quantitative estimate of drug-likeness (QED) is 0.276. The van der Waals surface area contributed by atoms with E-state index in [-0.39, 0.29) is 35.2 Å². The molecule has 4 aromatic rings. The summed E-state index contributed by atoms with van der Waals surface area (Å²) in [6, 6.07) is 10.9. The van der Waals surface area contributed by atoms with E-state index in [1.807, 2.05) is 6.92 Å². The lowest BCUT2D eigenvalue weighted by molar-refractivity contribution is -0.117. The van der Waals surface area contributed by atoms with Crippen molar-refractivity contribution in [3.8, 4) is 11.6 Å². The summed E-state index contributed by atoms with van der Waals surface area (Å²) in [6.45, 7) is 3.61. The summed E-state index contributed by atoms with van der Waals surface area (Å²) in [4.78, 5) is 11.5. The molecule has 36 heavy (non-hydrogen) atoms. The number of fused-ring (bicyclic) bond motifs is 1. The van der Waals surface area contributed by atoms with E-state index in [4.69, 9.17) is 9.47 Å². The molecule has 4 rings (SSSR count). The molecule has 0 aliphatic carbocycles. The summed E-state index contributed by atoms with van der Waals surface area (Å²) in [5.41, 5.74) is 1.83. The van der Waals surface area contributed by atoms with Crippen molar-refractivity contribution in [1.29, 1.82) is 0 Å². The van der Waals surface area contributed by atoms with Gasteiger partial charge in [0, 0.05) is 43.4 Å². The van der Waals surface area contributed by atoms with Crippen LogP contribution >= 0.6 is 0 Å². The Kier molecular flexibility index (Phi) is 7.44. The molecule has 0 fully saturated rings. The first-order valence-electron chi connectivity index (χ1n) is 11.6. The monoisotopic (exact) mass is 513 g/mol. The lowest BCUT2D eigenvalue weighted by atomic mass is 10.1. The second-order valence-corrected chi connectivity index (χ2v) is 10.5. The largest absolute Gasteiger partial charge is 0.487 e. The number of Topliss-reactive ketones (excluding diaryl/α,β-unsaturated/α-hetero) is 1. The van der Waals surface area contributed by atoms with Crippen molar-refractivity contribution >= 4 is 26.7 Å². The van der Waals surface area contributed by atoms with Crippen LogP contribution in [0.5, 0.6) is 11.6 Å². The number of ketones is 1. The summed E-state index contributed by atoms with van der Waals surface area (Å²) in [5.74, 6) is -0.211. The first-order valence-corrected chi connectivity index (χ1v) is 13.0. The number of hydrogen-bond acceptors (Lipinski definition) is 6. The Morgan fingerprint density at radius 2 is 1.81 bits per heavy atom. The minimum absolute atomic E-state index is 0.00887. The average Bonchev–Trinajstić information content (AvgIpc) is 3.40. The third kappa shape index (κ3) is 5.59. The van der Waals surface area contributed by atoms with Crippen LogP contribution in [0, 0.1) is 12.7 Å². The Bertz CT molecular complexity index is 1490. The molecular weight excluding hydrogens is 485 g/mol. The van der Waals surface area contributed by atoms with E-state index in [1.54, 1.807) is 36.1 Å². The van der Waals surface area contributed by atoms with Crippen molar-refractivity contribution in [1.82, 2.24) is 13.8 Å². The third-order valence-electron chi connectivity index (χ3n) is 5.74. The molecule has 0 amide bonds. The fourth-order valence-corrected chi connectivity index (χ4v) is 5.28. The number of halogens is 1. The molecule has 2 aromatic heterocycles. The smallest absolute Gasteiger partial charge is 0.268 e. The van der Waals surface area contributed by atoms with Gasteiger partial charge in [-0.1, -0.05) is 17.7 Å². The summed E-state index contributed by atoms with van der Waals surface area (Å²) in [6.07, 6.45) is 4.62. The molecule has 0 N–H and O–H groups in total. The van der Waals surface area contributed by atoms with Crippen molar-refractivity contribution in [2.45, 2.75) is 38.0 Å². The van der Waals surface area contributed by atoms with E-state index in [1.165, 1.54) is 37.4 Å². The van der Waals surface area contributed by atoms with E-state index in [0.29, 0.717) is 36.1 Å².